The Balaban J connectivity index is 1.33. The van der Waals surface area contributed by atoms with E-state index in [2.05, 4.69) is 38.2 Å². The summed E-state index contributed by atoms with van der Waals surface area (Å²) in [5.41, 5.74) is -0.254. The minimum absolute atomic E-state index is 0.0615. The lowest BCUT2D eigenvalue weighted by Gasteiger charge is -2.47. The van der Waals surface area contributed by atoms with Crippen LogP contribution < -0.4 is 36.7 Å². The average molecular weight is 693 g/mol. The second-order valence-corrected chi connectivity index (χ2v) is 14.0. The molecule has 0 saturated carbocycles. The normalized spacial score (nSPS) is 20.4. The Bertz CT molecular complexity index is 2360. The highest BCUT2D eigenvalue weighted by Gasteiger charge is 2.38. The monoisotopic (exact) mass is 692 g/mol. The fourth-order valence-corrected chi connectivity index (χ4v) is 7.51. The van der Waals surface area contributed by atoms with Gasteiger partial charge < -0.3 is 35.3 Å². The van der Waals surface area contributed by atoms with E-state index in [1.165, 1.54) is 6.07 Å². The van der Waals surface area contributed by atoms with Crippen molar-refractivity contribution in [3.63, 3.8) is 0 Å². The lowest BCUT2D eigenvalue weighted by atomic mass is 9.78. The van der Waals surface area contributed by atoms with Crippen molar-refractivity contribution in [2.24, 2.45) is 4.99 Å². The van der Waals surface area contributed by atoms with Gasteiger partial charge in [-0.25, -0.2) is 16.8 Å². The van der Waals surface area contributed by atoms with E-state index in [9.17, 15) is 36.2 Å². The highest BCUT2D eigenvalue weighted by Crippen LogP contribution is 2.45. The third-order valence-corrected chi connectivity index (χ3v) is 9.99. The zero-order valence-electron chi connectivity index (χ0n) is 25.5. The van der Waals surface area contributed by atoms with E-state index in [-0.39, 0.29) is 11.1 Å². The van der Waals surface area contributed by atoms with Crippen LogP contribution in [0.3, 0.4) is 0 Å². The van der Waals surface area contributed by atoms with Gasteiger partial charge in [-0.3, -0.25) is 13.4 Å². The molecule has 16 heteroatoms. The number of hydrogen-bond donors (Lipinski definition) is 3. The standard InChI is InChI=1S/C32H31N4O10S2/c1-3-31(4-2)33-21-9-5-7-17-19(11-13-23(34-31)25(17)21)27-29(37)28(30(27)38)20-12-14-24-26-18(20)8-6-10-22(26)35-32(36-24,15-45-47(39,40)41)16-46-48(42,43)44/h5-14,29,33,35-36,38H,3-4,15-16H2,1-2H3,(H,39,40,41)(H,42,43,44)/q-1/p-3/b27-19+. The highest BCUT2D eigenvalue weighted by molar-refractivity contribution is 7.81. The molecule has 1 unspecified atom stereocenters. The second kappa shape index (κ2) is 11.1. The van der Waals surface area contributed by atoms with Crippen molar-refractivity contribution >= 4 is 70.6 Å². The van der Waals surface area contributed by atoms with Gasteiger partial charge in [-0.1, -0.05) is 67.5 Å². The van der Waals surface area contributed by atoms with Crippen molar-refractivity contribution in [1.82, 2.24) is 0 Å². The van der Waals surface area contributed by atoms with Crippen molar-refractivity contribution in [2.45, 2.75) is 44.1 Å². The summed E-state index contributed by atoms with van der Waals surface area (Å²) < 4.78 is 76.3. The Morgan fingerprint density at radius 2 is 1.33 bits per heavy atom. The van der Waals surface area contributed by atoms with Crippen LogP contribution in [0.25, 0.3) is 32.7 Å². The number of nitrogens with zero attached hydrogens (tertiary/aromatic N) is 1. The fourth-order valence-electron chi connectivity index (χ4n) is 6.82. The first-order valence-corrected chi connectivity index (χ1v) is 17.7. The first kappa shape index (κ1) is 32.3. The summed E-state index contributed by atoms with van der Waals surface area (Å²) in [4.78, 5) is 4.99. The Morgan fingerprint density at radius 3 is 1.92 bits per heavy atom. The zero-order valence-corrected chi connectivity index (χ0v) is 27.2. The van der Waals surface area contributed by atoms with Crippen LogP contribution in [0.4, 0.5) is 17.1 Å². The minimum Gasteiger partial charge on any atom is -0.872 e. The molecule has 3 N–H and O–H groups in total. The summed E-state index contributed by atoms with van der Waals surface area (Å²) >= 11 is 0. The quantitative estimate of drug-likeness (QED) is 0.162. The molecule has 7 rings (SSSR count). The summed E-state index contributed by atoms with van der Waals surface area (Å²) in [5.74, 6) is -0.400. The minimum atomic E-state index is -5.22. The van der Waals surface area contributed by atoms with Gasteiger partial charge in [-0.2, -0.15) is 0 Å². The largest absolute Gasteiger partial charge is 0.872 e. The molecule has 2 aliphatic heterocycles. The molecular formula is C32H28N4O10S2-4. The molecule has 14 nitrogen and oxygen atoms in total. The maximum Gasteiger partial charge on any atom is 0.217 e. The van der Waals surface area contributed by atoms with Crippen molar-refractivity contribution in [3.8, 4) is 0 Å². The molecule has 2 heterocycles. The number of hydrogen-bond acceptors (Lipinski definition) is 14. The molecule has 0 radical (unpaired) electrons. The number of nitrogens with one attached hydrogen (secondary N) is 3. The maximum absolute atomic E-state index is 13.9. The van der Waals surface area contributed by atoms with Crippen molar-refractivity contribution in [2.75, 3.05) is 29.2 Å². The van der Waals surface area contributed by atoms with E-state index in [1.54, 1.807) is 30.3 Å². The summed E-state index contributed by atoms with van der Waals surface area (Å²) in [6, 6.07) is 17.3. The molecule has 0 bridgehead atoms. The third kappa shape index (κ3) is 5.35. The van der Waals surface area contributed by atoms with Crippen LogP contribution in [0.5, 0.6) is 0 Å². The molecule has 3 aliphatic rings. The van der Waals surface area contributed by atoms with Crippen LogP contribution in [-0.4, -0.2) is 56.6 Å². The molecule has 0 spiro atoms. The van der Waals surface area contributed by atoms with E-state index in [0.29, 0.717) is 32.9 Å². The zero-order chi connectivity index (χ0) is 34.2. The SMILES string of the molecule is CCC1(CC)N=c2cc/c(=C3\C([O-])=C(c4ccc5c6c(cccc46)NC(COS(=O)(=O)[O-])(COS(=O)(=O)[O-])N5)C3[O-])c3cccc(c23)N1. The third-order valence-electron chi connectivity index (χ3n) is 9.17. The molecule has 252 valence electrons. The van der Waals surface area contributed by atoms with Gasteiger partial charge in [-0.05, 0) is 58.7 Å². The van der Waals surface area contributed by atoms with Gasteiger partial charge in [0.15, 0.2) is 5.66 Å². The van der Waals surface area contributed by atoms with Gasteiger partial charge >= 0.3 is 0 Å². The molecule has 0 aromatic heterocycles. The fraction of sp³-hybridized carbons (Fsp3) is 0.281. The molecule has 48 heavy (non-hydrogen) atoms. The van der Waals surface area contributed by atoms with Gasteiger partial charge in [0.05, 0.1) is 5.36 Å². The van der Waals surface area contributed by atoms with Crippen molar-refractivity contribution < 1.29 is 44.5 Å². The first-order chi connectivity index (χ1) is 22.7. The number of benzene rings is 4. The summed E-state index contributed by atoms with van der Waals surface area (Å²) in [5, 5.41) is 41.0. The molecule has 4 aromatic carbocycles. The van der Waals surface area contributed by atoms with E-state index in [0.717, 1.165) is 34.7 Å². The van der Waals surface area contributed by atoms with Gasteiger partial charge in [0.25, 0.3) is 0 Å². The Kier molecular flexibility index (Phi) is 7.48. The summed E-state index contributed by atoms with van der Waals surface area (Å²) in [6.07, 6.45) is 0.0917. The lowest BCUT2D eigenvalue weighted by Crippen LogP contribution is -2.56. The lowest BCUT2D eigenvalue weighted by molar-refractivity contribution is -0.393. The maximum atomic E-state index is 13.9. The van der Waals surface area contributed by atoms with Crippen LogP contribution in [0.2, 0.25) is 0 Å². The Labute approximate surface area is 275 Å². The number of anilines is 3. The molecule has 1 aliphatic carbocycles. The van der Waals surface area contributed by atoms with Crippen LogP contribution in [-0.2, 0) is 29.2 Å². The molecule has 0 fully saturated rings. The Morgan fingerprint density at radius 1 is 0.750 bits per heavy atom. The average Bonchev–Trinajstić information content (AvgIpc) is 3.04. The topological polar surface area (TPSA) is 227 Å². The molecule has 1 atom stereocenters. The summed E-state index contributed by atoms with van der Waals surface area (Å²) in [7, 11) is -10.4. The van der Waals surface area contributed by atoms with Crippen LogP contribution in [0, 0.1) is 0 Å². The van der Waals surface area contributed by atoms with Crippen molar-refractivity contribution in [3.05, 3.63) is 82.6 Å². The van der Waals surface area contributed by atoms with Gasteiger partial charge in [-0.15, -0.1) is 5.76 Å². The number of rotatable bonds is 9. The van der Waals surface area contributed by atoms with Gasteiger partial charge in [0.2, 0.25) is 20.8 Å². The summed E-state index contributed by atoms with van der Waals surface area (Å²) in [6.45, 7) is 2.24. The van der Waals surface area contributed by atoms with Crippen LogP contribution in [0.15, 0.2) is 71.4 Å². The van der Waals surface area contributed by atoms with E-state index in [1.807, 2.05) is 24.3 Å². The van der Waals surface area contributed by atoms with Gasteiger partial charge in [0.1, 0.15) is 18.9 Å². The molecule has 0 amide bonds. The Hall–Kier alpha value is -4.29. The van der Waals surface area contributed by atoms with E-state index >= 15 is 0 Å². The molecule has 4 aromatic rings. The van der Waals surface area contributed by atoms with Crippen LogP contribution in [0.1, 0.15) is 32.3 Å². The van der Waals surface area contributed by atoms with Crippen LogP contribution >= 0.6 is 0 Å². The van der Waals surface area contributed by atoms with E-state index < -0.39 is 57.2 Å². The first-order valence-electron chi connectivity index (χ1n) is 15.0. The molecular weight excluding hydrogens is 665 g/mol. The van der Waals surface area contributed by atoms with Gasteiger partial charge in [0, 0.05) is 27.8 Å². The van der Waals surface area contributed by atoms with E-state index in [4.69, 9.17) is 4.99 Å². The molecule has 0 saturated heterocycles. The second-order valence-electron chi connectivity index (χ2n) is 11.9. The smallest absolute Gasteiger partial charge is 0.217 e. The predicted molar refractivity (Wildman–Crippen MR) is 171 cm³/mol. The van der Waals surface area contributed by atoms with Crippen molar-refractivity contribution in [1.29, 1.82) is 0 Å². The predicted octanol–water partition coefficient (Wildman–Crippen LogP) is 0.707. The highest BCUT2D eigenvalue weighted by atomic mass is 32.3.